The van der Waals surface area contributed by atoms with Crippen LogP contribution in [0.15, 0.2) is 23.3 Å². The number of hydrogen-bond donors (Lipinski definition) is 1. The molecule has 0 aromatic rings. The Morgan fingerprint density at radius 3 is 2.54 bits per heavy atom. The smallest absolute Gasteiger partial charge is 0.163 e. The predicted octanol–water partition coefficient (Wildman–Crippen LogP) is 3.62. The highest BCUT2D eigenvalue weighted by atomic mass is 16.3. The predicted molar refractivity (Wildman–Crippen MR) is 100 cm³/mol. The van der Waals surface area contributed by atoms with Crippen molar-refractivity contribution in [2.45, 2.75) is 65.4 Å². The summed E-state index contributed by atoms with van der Waals surface area (Å²) < 4.78 is 0. The molecule has 0 radical (unpaired) electrons. The molecule has 3 nitrogen and oxygen atoms in total. The summed E-state index contributed by atoms with van der Waals surface area (Å²) in [6, 6.07) is 0. The quantitative estimate of drug-likeness (QED) is 0.535. The van der Waals surface area contributed by atoms with Gasteiger partial charge in [-0.2, -0.15) is 0 Å². The van der Waals surface area contributed by atoms with Crippen LogP contribution in [0.3, 0.4) is 0 Å². The molecule has 0 aromatic carbocycles. The zero-order valence-corrected chi connectivity index (χ0v) is 16.2. The second-order valence-corrected chi connectivity index (χ2v) is 9.20. The topological polar surface area (TPSA) is 54.4 Å². The molecule has 3 heteroatoms. The van der Waals surface area contributed by atoms with Crippen molar-refractivity contribution < 1.29 is 14.7 Å². The second-order valence-electron chi connectivity index (χ2n) is 9.20. The Balaban J connectivity index is 1.83. The number of ketones is 2. The van der Waals surface area contributed by atoms with E-state index in [0.29, 0.717) is 12.3 Å². The average molecular weight is 352 g/mol. The van der Waals surface area contributed by atoms with Crippen LogP contribution < -0.4 is 0 Å². The first-order valence-corrected chi connectivity index (χ1v) is 9.81. The molecule has 6 atom stereocenters. The monoisotopic (exact) mass is 352 g/mol. The Labute approximate surface area is 155 Å². The molecule has 1 N–H and O–H groups in total. The zero-order valence-electron chi connectivity index (χ0n) is 16.2. The van der Waals surface area contributed by atoms with E-state index in [1.165, 1.54) is 0 Å². The highest BCUT2D eigenvalue weighted by Crippen LogP contribution is 2.66. The van der Waals surface area contributed by atoms with Crippen LogP contribution in [0.1, 0.15) is 59.8 Å². The van der Waals surface area contributed by atoms with Crippen molar-refractivity contribution in [2.75, 3.05) is 0 Å². The normalized spacial score (nSPS) is 47.0. The third-order valence-electron chi connectivity index (χ3n) is 8.20. The second kappa shape index (κ2) is 5.42. The Kier molecular flexibility index (Phi) is 3.70. The molecule has 26 heavy (non-hydrogen) atoms. The molecule has 1 unspecified atom stereocenters. The maximum Gasteiger partial charge on any atom is 0.163 e. The van der Waals surface area contributed by atoms with E-state index in [1.807, 2.05) is 6.92 Å². The van der Waals surface area contributed by atoms with Gasteiger partial charge >= 0.3 is 0 Å². The number of fused-ring (bicyclic) bond motifs is 5. The fourth-order valence-corrected chi connectivity index (χ4v) is 6.69. The largest absolute Gasteiger partial charge is 0.377 e. The van der Waals surface area contributed by atoms with Crippen LogP contribution in [-0.4, -0.2) is 22.3 Å². The standard InChI is InChI=1S/C23H28O3/c1-5-8-23(26)10-7-17-16-11-14(2)19-12-15(24)13-20(25)22(19,4)18(16)6-9-21(17,23)3/h11-12,16-18,26H,6-7,9-10,13H2,1-4H3/t16-,17-,18-,21-,22+,23?/m0/s1. The van der Waals surface area contributed by atoms with Crippen molar-refractivity contribution in [1.29, 1.82) is 0 Å². The van der Waals surface area contributed by atoms with Gasteiger partial charge in [0, 0.05) is 5.41 Å². The maximum atomic E-state index is 13.0. The Bertz CT molecular complexity index is 822. The maximum absolute atomic E-state index is 13.0. The molecule has 0 saturated heterocycles. The van der Waals surface area contributed by atoms with E-state index in [0.717, 1.165) is 30.4 Å². The minimum atomic E-state index is -0.928. The fraction of sp³-hybridized carbons (Fsp3) is 0.652. The third kappa shape index (κ3) is 2.00. The SMILES string of the molecule is CC#CC1(O)CC[C@H]2[C@@H]3C=C(C)C4=CC(=O)CC(=O)[C@]4(C)[C@H]3CC[C@@]21C. The van der Waals surface area contributed by atoms with Crippen LogP contribution in [0.25, 0.3) is 0 Å². The van der Waals surface area contributed by atoms with Crippen LogP contribution in [0.2, 0.25) is 0 Å². The molecule has 2 fully saturated rings. The van der Waals surface area contributed by atoms with Gasteiger partial charge in [-0.25, -0.2) is 0 Å². The molecule has 0 bridgehead atoms. The van der Waals surface area contributed by atoms with E-state index in [2.05, 4.69) is 31.8 Å². The Morgan fingerprint density at radius 2 is 1.85 bits per heavy atom. The molecule has 138 valence electrons. The first-order valence-electron chi connectivity index (χ1n) is 9.81. The van der Waals surface area contributed by atoms with Crippen LogP contribution in [-0.2, 0) is 9.59 Å². The summed E-state index contributed by atoms with van der Waals surface area (Å²) in [7, 11) is 0. The highest BCUT2D eigenvalue weighted by Gasteiger charge is 2.64. The number of carbonyl (C=O) groups excluding carboxylic acids is 2. The summed E-state index contributed by atoms with van der Waals surface area (Å²) in [5.74, 6) is 6.86. The van der Waals surface area contributed by atoms with E-state index < -0.39 is 11.0 Å². The minimum absolute atomic E-state index is 0.0314. The summed E-state index contributed by atoms with van der Waals surface area (Å²) in [6.45, 7) is 8.07. The van der Waals surface area contributed by atoms with Crippen LogP contribution in [0, 0.1) is 40.4 Å². The van der Waals surface area contributed by atoms with Gasteiger partial charge in [-0.15, -0.1) is 5.92 Å². The minimum Gasteiger partial charge on any atom is -0.377 e. The number of hydrogen-bond acceptors (Lipinski definition) is 3. The first-order chi connectivity index (χ1) is 12.2. The molecule has 0 amide bonds. The van der Waals surface area contributed by atoms with Crippen LogP contribution in [0.4, 0.5) is 0 Å². The molecular formula is C23H28O3. The van der Waals surface area contributed by atoms with Gasteiger partial charge in [0.15, 0.2) is 11.6 Å². The van der Waals surface area contributed by atoms with Crippen molar-refractivity contribution in [3.8, 4) is 11.8 Å². The zero-order chi connectivity index (χ0) is 18.9. The Morgan fingerprint density at radius 1 is 1.15 bits per heavy atom. The fourth-order valence-electron chi connectivity index (χ4n) is 6.69. The van der Waals surface area contributed by atoms with E-state index in [-0.39, 0.29) is 35.2 Å². The summed E-state index contributed by atoms with van der Waals surface area (Å²) in [4.78, 5) is 25.0. The Hall–Kier alpha value is -1.66. The molecule has 0 spiro atoms. The lowest BCUT2D eigenvalue weighted by molar-refractivity contribution is -0.138. The van der Waals surface area contributed by atoms with Crippen molar-refractivity contribution in [2.24, 2.45) is 28.6 Å². The van der Waals surface area contributed by atoms with Gasteiger partial charge < -0.3 is 5.11 Å². The molecule has 4 rings (SSSR count). The molecule has 4 aliphatic carbocycles. The van der Waals surface area contributed by atoms with Crippen molar-refractivity contribution in [1.82, 2.24) is 0 Å². The molecular weight excluding hydrogens is 324 g/mol. The average Bonchev–Trinajstić information content (AvgIpc) is 2.82. The van der Waals surface area contributed by atoms with Crippen molar-refractivity contribution in [3.63, 3.8) is 0 Å². The van der Waals surface area contributed by atoms with Crippen molar-refractivity contribution in [3.05, 3.63) is 23.3 Å². The lowest BCUT2D eigenvalue weighted by Gasteiger charge is -2.56. The van der Waals surface area contributed by atoms with Crippen LogP contribution >= 0.6 is 0 Å². The van der Waals surface area contributed by atoms with Gasteiger partial charge in [0.1, 0.15) is 5.60 Å². The highest BCUT2D eigenvalue weighted by molar-refractivity contribution is 6.12. The number of allylic oxidation sites excluding steroid dienone is 4. The third-order valence-corrected chi connectivity index (χ3v) is 8.20. The summed E-state index contributed by atoms with van der Waals surface area (Å²) in [5.41, 5.74) is 0.277. The first kappa shape index (κ1) is 17.7. The number of Topliss-reactive ketones (excluding diaryl/α,β-unsaturated/α-hetero) is 1. The molecule has 4 aliphatic rings. The molecule has 0 aromatic heterocycles. The molecule has 0 heterocycles. The molecule has 2 saturated carbocycles. The lowest BCUT2D eigenvalue weighted by atomic mass is 9.47. The van der Waals surface area contributed by atoms with E-state index in [9.17, 15) is 14.7 Å². The van der Waals surface area contributed by atoms with Gasteiger partial charge in [-0.3, -0.25) is 9.59 Å². The van der Waals surface area contributed by atoms with E-state index >= 15 is 0 Å². The summed E-state index contributed by atoms with van der Waals surface area (Å²) >= 11 is 0. The lowest BCUT2D eigenvalue weighted by Crippen LogP contribution is -2.55. The van der Waals surface area contributed by atoms with Gasteiger partial charge in [-0.1, -0.05) is 24.5 Å². The molecule has 0 aliphatic heterocycles. The van der Waals surface area contributed by atoms with E-state index in [4.69, 9.17) is 0 Å². The number of carbonyl (C=O) groups is 2. The van der Waals surface area contributed by atoms with Gasteiger partial charge in [0.25, 0.3) is 0 Å². The van der Waals surface area contributed by atoms with Crippen molar-refractivity contribution >= 4 is 11.6 Å². The number of rotatable bonds is 0. The summed E-state index contributed by atoms with van der Waals surface area (Å²) in [5, 5.41) is 11.3. The van der Waals surface area contributed by atoms with Gasteiger partial charge in [0.2, 0.25) is 0 Å². The van der Waals surface area contributed by atoms with Gasteiger partial charge in [0.05, 0.1) is 11.8 Å². The summed E-state index contributed by atoms with van der Waals surface area (Å²) in [6.07, 6.45) is 7.45. The van der Waals surface area contributed by atoms with Gasteiger partial charge in [-0.05, 0) is 75.9 Å². The number of aliphatic hydroxyl groups is 1. The van der Waals surface area contributed by atoms with Crippen LogP contribution in [0.5, 0.6) is 0 Å². The van der Waals surface area contributed by atoms with E-state index in [1.54, 1.807) is 13.0 Å².